The molecule has 0 radical (unpaired) electrons. The van der Waals surface area contributed by atoms with Crippen LogP contribution in [0.4, 0.5) is 5.69 Å². The maximum atomic E-state index is 13.1. The summed E-state index contributed by atoms with van der Waals surface area (Å²) in [5, 5.41) is -0.518. The average Bonchev–Trinajstić information content (AvgIpc) is 3.34. The molecule has 2 aliphatic rings. The first kappa shape index (κ1) is 22.1. The number of fused-ring (bicyclic) bond motifs is 1. The zero-order chi connectivity index (χ0) is 23.1. The minimum Gasteiger partial charge on any atom is -0.436 e. The van der Waals surface area contributed by atoms with Crippen molar-refractivity contribution >= 4 is 56.9 Å². The molecule has 2 amide bonds. The second kappa shape index (κ2) is 8.89. The summed E-state index contributed by atoms with van der Waals surface area (Å²) in [4.78, 5) is 33.6. The number of amides is 2. The van der Waals surface area contributed by atoms with Gasteiger partial charge in [0.15, 0.2) is 5.58 Å². The SMILES string of the molecule is C[C@@H]1CN(C(=S)S[C@@H]2CC(=O)N(c3ccc(-c4nc5ccccc5o4)cc3)C2=O)C[C@@H](C)O1. The smallest absolute Gasteiger partial charge is 0.247 e. The van der Waals surface area contributed by atoms with E-state index in [1.807, 2.05) is 50.2 Å². The summed E-state index contributed by atoms with van der Waals surface area (Å²) in [6.45, 7) is 5.39. The number of carbonyl (C=O) groups is 2. The van der Waals surface area contributed by atoms with Gasteiger partial charge < -0.3 is 14.1 Å². The molecule has 3 aromatic rings. The Hall–Kier alpha value is -2.75. The Bertz CT molecular complexity index is 1180. The number of thioether (sulfide) groups is 1. The zero-order valence-corrected chi connectivity index (χ0v) is 19.9. The maximum Gasteiger partial charge on any atom is 0.247 e. The molecule has 5 rings (SSSR count). The van der Waals surface area contributed by atoms with Gasteiger partial charge in [0.05, 0.1) is 17.9 Å². The Kier molecular flexibility index (Phi) is 5.94. The number of hydrogen-bond donors (Lipinski definition) is 0. The Morgan fingerprint density at radius 1 is 1.06 bits per heavy atom. The van der Waals surface area contributed by atoms with Crippen molar-refractivity contribution in [3.63, 3.8) is 0 Å². The maximum absolute atomic E-state index is 13.1. The van der Waals surface area contributed by atoms with E-state index in [1.165, 1.54) is 16.7 Å². The van der Waals surface area contributed by atoms with E-state index in [9.17, 15) is 9.59 Å². The van der Waals surface area contributed by atoms with Gasteiger partial charge in [-0.15, -0.1) is 0 Å². The van der Waals surface area contributed by atoms with Crippen LogP contribution in [-0.2, 0) is 14.3 Å². The van der Waals surface area contributed by atoms with Gasteiger partial charge in [-0.25, -0.2) is 9.88 Å². The summed E-state index contributed by atoms with van der Waals surface area (Å²) < 4.78 is 12.2. The van der Waals surface area contributed by atoms with Gasteiger partial charge in [-0.05, 0) is 50.2 Å². The molecule has 170 valence electrons. The molecule has 2 aromatic carbocycles. The van der Waals surface area contributed by atoms with E-state index in [-0.39, 0.29) is 30.4 Å². The Labute approximate surface area is 201 Å². The van der Waals surface area contributed by atoms with Crippen LogP contribution in [0.15, 0.2) is 52.9 Å². The van der Waals surface area contributed by atoms with E-state index >= 15 is 0 Å². The second-order valence-electron chi connectivity index (χ2n) is 8.34. The van der Waals surface area contributed by atoms with Crippen molar-refractivity contribution in [2.24, 2.45) is 0 Å². The molecule has 0 bridgehead atoms. The summed E-state index contributed by atoms with van der Waals surface area (Å²) >= 11 is 6.89. The van der Waals surface area contributed by atoms with Crippen molar-refractivity contribution in [3.8, 4) is 11.5 Å². The molecule has 0 N–H and O–H groups in total. The quantitative estimate of drug-likeness (QED) is 0.406. The third-order valence-corrected chi connectivity index (χ3v) is 7.35. The number of para-hydroxylation sites is 2. The predicted molar refractivity (Wildman–Crippen MR) is 132 cm³/mol. The van der Waals surface area contributed by atoms with Gasteiger partial charge in [0, 0.05) is 25.1 Å². The van der Waals surface area contributed by atoms with Crippen LogP contribution in [0.3, 0.4) is 0 Å². The molecule has 0 unspecified atom stereocenters. The topological polar surface area (TPSA) is 75.9 Å². The van der Waals surface area contributed by atoms with Crippen LogP contribution in [0.25, 0.3) is 22.6 Å². The molecule has 2 fully saturated rings. The fourth-order valence-electron chi connectivity index (χ4n) is 4.24. The molecule has 3 atom stereocenters. The molecule has 0 aliphatic carbocycles. The third kappa shape index (κ3) is 4.40. The lowest BCUT2D eigenvalue weighted by atomic mass is 10.2. The minimum atomic E-state index is -0.518. The number of benzene rings is 2. The fourth-order valence-corrected chi connectivity index (χ4v) is 5.71. The van der Waals surface area contributed by atoms with E-state index in [2.05, 4.69) is 9.88 Å². The number of imide groups is 1. The number of morpholine rings is 1. The summed E-state index contributed by atoms with van der Waals surface area (Å²) in [5.41, 5.74) is 2.80. The van der Waals surface area contributed by atoms with Crippen LogP contribution in [-0.4, -0.2) is 56.6 Å². The Balaban J connectivity index is 1.29. The van der Waals surface area contributed by atoms with Crippen LogP contribution in [0.1, 0.15) is 20.3 Å². The van der Waals surface area contributed by atoms with Gasteiger partial charge in [-0.3, -0.25) is 9.59 Å². The van der Waals surface area contributed by atoms with Crippen molar-refractivity contribution in [3.05, 3.63) is 48.5 Å². The number of rotatable bonds is 3. The summed E-state index contributed by atoms with van der Waals surface area (Å²) in [6.07, 6.45) is 0.278. The van der Waals surface area contributed by atoms with Crippen molar-refractivity contribution in [1.82, 2.24) is 9.88 Å². The minimum absolute atomic E-state index is 0.0736. The Morgan fingerprint density at radius 3 is 2.45 bits per heavy atom. The van der Waals surface area contributed by atoms with E-state index < -0.39 is 5.25 Å². The Morgan fingerprint density at radius 2 is 1.76 bits per heavy atom. The number of ether oxygens (including phenoxy) is 1. The molecule has 2 saturated heterocycles. The van der Waals surface area contributed by atoms with Crippen molar-refractivity contribution in [2.75, 3.05) is 18.0 Å². The zero-order valence-electron chi connectivity index (χ0n) is 18.3. The number of nitrogens with zero attached hydrogens (tertiary/aromatic N) is 3. The van der Waals surface area contributed by atoms with Gasteiger partial charge in [-0.2, -0.15) is 0 Å². The van der Waals surface area contributed by atoms with Gasteiger partial charge in [0.2, 0.25) is 17.7 Å². The van der Waals surface area contributed by atoms with Crippen LogP contribution in [0, 0.1) is 0 Å². The number of hydrogen-bond acceptors (Lipinski definition) is 7. The number of aromatic nitrogens is 1. The highest BCUT2D eigenvalue weighted by Gasteiger charge is 2.41. The molecular formula is C24H23N3O4S2. The van der Waals surface area contributed by atoms with E-state index in [1.54, 1.807) is 12.1 Å². The molecule has 9 heteroatoms. The van der Waals surface area contributed by atoms with Crippen LogP contribution in [0.2, 0.25) is 0 Å². The lowest BCUT2D eigenvalue weighted by molar-refractivity contribution is -0.121. The first-order valence-electron chi connectivity index (χ1n) is 10.8. The lowest BCUT2D eigenvalue weighted by Gasteiger charge is -2.36. The van der Waals surface area contributed by atoms with Gasteiger partial charge >= 0.3 is 0 Å². The van der Waals surface area contributed by atoms with Crippen molar-refractivity contribution in [2.45, 2.75) is 37.7 Å². The van der Waals surface area contributed by atoms with Gasteiger partial charge in [0.25, 0.3) is 0 Å². The average molecular weight is 482 g/mol. The van der Waals surface area contributed by atoms with E-state index in [4.69, 9.17) is 21.4 Å². The van der Waals surface area contributed by atoms with E-state index in [0.29, 0.717) is 34.6 Å². The predicted octanol–water partition coefficient (Wildman–Crippen LogP) is 4.25. The number of anilines is 1. The summed E-state index contributed by atoms with van der Waals surface area (Å²) in [6, 6.07) is 14.7. The molecule has 33 heavy (non-hydrogen) atoms. The number of oxazole rings is 1. The first-order chi connectivity index (χ1) is 15.9. The number of thiocarbonyl (C=S) groups is 1. The summed E-state index contributed by atoms with van der Waals surface area (Å²) in [7, 11) is 0. The van der Waals surface area contributed by atoms with E-state index in [0.717, 1.165) is 11.1 Å². The molecule has 7 nitrogen and oxygen atoms in total. The fraction of sp³-hybridized carbons (Fsp3) is 0.333. The normalized spacial score (nSPS) is 23.5. The van der Waals surface area contributed by atoms with Gasteiger partial charge in [0.1, 0.15) is 15.1 Å². The lowest BCUT2D eigenvalue weighted by Crippen LogP contribution is -2.47. The molecule has 1 aromatic heterocycles. The van der Waals surface area contributed by atoms with Crippen LogP contribution < -0.4 is 4.90 Å². The van der Waals surface area contributed by atoms with Gasteiger partial charge in [-0.1, -0.05) is 36.1 Å². The molecule has 0 saturated carbocycles. The molecule has 3 heterocycles. The van der Waals surface area contributed by atoms with Crippen molar-refractivity contribution in [1.29, 1.82) is 0 Å². The van der Waals surface area contributed by atoms with Crippen LogP contribution >= 0.6 is 24.0 Å². The highest BCUT2D eigenvalue weighted by Crippen LogP contribution is 2.33. The monoisotopic (exact) mass is 481 g/mol. The first-order valence-corrected chi connectivity index (χ1v) is 12.1. The number of carbonyl (C=O) groups excluding carboxylic acids is 2. The molecular weight excluding hydrogens is 458 g/mol. The molecule has 2 aliphatic heterocycles. The third-order valence-electron chi connectivity index (χ3n) is 5.69. The highest BCUT2D eigenvalue weighted by atomic mass is 32.2. The van der Waals surface area contributed by atoms with Crippen LogP contribution in [0.5, 0.6) is 0 Å². The second-order valence-corrected chi connectivity index (χ2v) is 10.2. The molecule has 0 spiro atoms. The van der Waals surface area contributed by atoms with Crippen molar-refractivity contribution < 1.29 is 18.7 Å². The highest BCUT2D eigenvalue weighted by molar-refractivity contribution is 8.23. The largest absolute Gasteiger partial charge is 0.436 e. The summed E-state index contributed by atoms with van der Waals surface area (Å²) in [5.74, 6) is 0.0320. The standard InChI is InChI=1S/C24H23N3O4S2/c1-14-12-26(13-15(2)30-14)24(32)33-20-11-21(28)27(23(20)29)17-9-7-16(8-10-17)22-25-18-5-3-4-6-19(18)31-22/h3-10,14-15,20H,11-13H2,1-2H3/t14-,15-,20-/m1/s1.